The molecule has 0 bridgehead atoms. The van der Waals surface area contributed by atoms with E-state index in [-0.39, 0.29) is 23.4 Å². The van der Waals surface area contributed by atoms with Gasteiger partial charge in [0.25, 0.3) is 5.22 Å². The van der Waals surface area contributed by atoms with Crippen molar-refractivity contribution in [3.8, 4) is 0 Å². The van der Waals surface area contributed by atoms with Gasteiger partial charge in [0.05, 0.1) is 11.7 Å². The predicted molar refractivity (Wildman–Crippen MR) is 92.6 cm³/mol. The van der Waals surface area contributed by atoms with E-state index in [9.17, 15) is 9.59 Å². The summed E-state index contributed by atoms with van der Waals surface area (Å²) in [5.74, 6) is -0.0361. The van der Waals surface area contributed by atoms with Crippen LogP contribution >= 0.6 is 11.8 Å². The number of carbonyl (C=O) groups excluding carboxylic acids is 2. The van der Waals surface area contributed by atoms with Crippen molar-refractivity contribution in [2.45, 2.75) is 18.1 Å². The van der Waals surface area contributed by atoms with Gasteiger partial charge in [-0.25, -0.2) is 4.98 Å². The molecule has 6 heteroatoms. The van der Waals surface area contributed by atoms with Gasteiger partial charge in [0.15, 0.2) is 11.4 Å². The molecule has 0 radical (unpaired) electrons. The van der Waals surface area contributed by atoms with E-state index < -0.39 is 0 Å². The normalized spacial score (nSPS) is 16.2. The van der Waals surface area contributed by atoms with Gasteiger partial charge in [-0.1, -0.05) is 23.9 Å². The molecule has 2 heterocycles. The zero-order valence-electron chi connectivity index (χ0n) is 12.9. The third kappa shape index (κ3) is 2.59. The van der Waals surface area contributed by atoms with E-state index in [4.69, 9.17) is 4.42 Å². The molecule has 5 nitrogen and oxygen atoms in total. The zero-order valence-corrected chi connectivity index (χ0v) is 13.7. The van der Waals surface area contributed by atoms with Crippen molar-refractivity contribution in [3.63, 3.8) is 0 Å². The van der Waals surface area contributed by atoms with Crippen LogP contribution in [0.15, 0.2) is 52.1 Å². The number of para-hydroxylation sites is 2. The number of hydrogen-bond donors (Lipinski definition) is 1. The van der Waals surface area contributed by atoms with Crippen molar-refractivity contribution in [1.82, 2.24) is 4.98 Å². The summed E-state index contributed by atoms with van der Waals surface area (Å²) in [5, 5.41) is 3.29. The summed E-state index contributed by atoms with van der Waals surface area (Å²) in [6, 6.07) is 12.8. The minimum absolute atomic E-state index is 0.0170. The number of ketones is 1. The first kappa shape index (κ1) is 15.0. The monoisotopic (exact) mass is 338 g/mol. The largest absolute Gasteiger partial charge is 0.431 e. The number of hydrogen-bond acceptors (Lipinski definition) is 5. The molecular weight excluding hydrogens is 324 g/mol. The van der Waals surface area contributed by atoms with Crippen molar-refractivity contribution in [2.24, 2.45) is 0 Å². The second-order valence-corrected chi connectivity index (χ2v) is 6.60. The number of benzene rings is 2. The van der Waals surface area contributed by atoms with Crippen LogP contribution < -0.4 is 5.32 Å². The van der Waals surface area contributed by atoms with Gasteiger partial charge in [-0.05, 0) is 42.8 Å². The Labute approximate surface area is 142 Å². The molecule has 0 unspecified atom stereocenters. The van der Waals surface area contributed by atoms with Gasteiger partial charge in [-0.2, -0.15) is 0 Å². The number of amides is 1. The highest BCUT2D eigenvalue weighted by atomic mass is 32.2. The van der Waals surface area contributed by atoms with Crippen molar-refractivity contribution in [1.29, 1.82) is 0 Å². The molecule has 3 aromatic rings. The molecule has 1 atom stereocenters. The van der Waals surface area contributed by atoms with Crippen LogP contribution in [0.25, 0.3) is 11.1 Å². The highest BCUT2D eigenvalue weighted by Gasteiger charge is 2.27. The second kappa shape index (κ2) is 5.79. The van der Waals surface area contributed by atoms with Crippen LogP contribution in [-0.2, 0) is 4.79 Å². The molecule has 1 aromatic heterocycles. The number of aromatic nitrogens is 1. The lowest BCUT2D eigenvalue weighted by atomic mass is 9.99. The predicted octanol–water partition coefficient (Wildman–Crippen LogP) is 3.86. The fourth-order valence-corrected chi connectivity index (χ4v) is 3.45. The second-order valence-electron chi connectivity index (χ2n) is 5.67. The van der Waals surface area contributed by atoms with Crippen LogP contribution in [0.5, 0.6) is 0 Å². The van der Waals surface area contributed by atoms with Gasteiger partial charge >= 0.3 is 0 Å². The first-order valence-corrected chi connectivity index (χ1v) is 8.57. The number of thioether (sulfide) groups is 1. The van der Waals surface area contributed by atoms with E-state index in [2.05, 4.69) is 10.3 Å². The summed E-state index contributed by atoms with van der Waals surface area (Å²) in [4.78, 5) is 28.5. The first-order valence-electron chi connectivity index (χ1n) is 7.58. The summed E-state index contributed by atoms with van der Waals surface area (Å²) < 4.78 is 5.60. The SMILES string of the molecule is C[C@@H]1C(=O)Nc2ccc(C(=O)CSc3nc4ccccc4o3)cc21. The van der Waals surface area contributed by atoms with E-state index in [0.717, 1.165) is 16.8 Å². The van der Waals surface area contributed by atoms with Crippen LogP contribution in [-0.4, -0.2) is 22.4 Å². The Bertz CT molecular complexity index is 931. The average molecular weight is 338 g/mol. The van der Waals surface area contributed by atoms with E-state index in [0.29, 0.717) is 16.4 Å². The Kier molecular flexibility index (Phi) is 3.61. The van der Waals surface area contributed by atoms with Crippen molar-refractivity contribution >= 4 is 40.2 Å². The smallest absolute Gasteiger partial charge is 0.257 e. The van der Waals surface area contributed by atoms with Crippen molar-refractivity contribution < 1.29 is 14.0 Å². The van der Waals surface area contributed by atoms with Gasteiger partial charge in [0.1, 0.15) is 5.52 Å². The molecule has 0 fully saturated rings. The molecule has 1 aliphatic heterocycles. The number of rotatable bonds is 4. The minimum atomic E-state index is -0.225. The maximum atomic E-state index is 12.4. The minimum Gasteiger partial charge on any atom is -0.431 e. The maximum absolute atomic E-state index is 12.4. The molecule has 1 aliphatic rings. The van der Waals surface area contributed by atoms with Crippen molar-refractivity contribution in [2.75, 3.05) is 11.1 Å². The highest BCUT2D eigenvalue weighted by molar-refractivity contribution is 7.99. The fourth-order valence-electron chi connectivity index (χ4n) is 2.71. The zero-order chi connectivity index (χ0) is 16.7. The van der Waals surface area contributed by atoms with E-state index in [1.54, 1.807) is 18.2 Å². The molecule has 1 N–H and O–H groups in total. The van der Waals surface area contributed by atoms with Crippen LogP contribution in [0.1, 0.15) is 28.8 Å². The van der Waals surface area contributed by atoms with Gasteiger partial charge in [0, 0.05) is 11.3 Å². The molecule has 0 saturated heterocycles. The molecule has 2 aromatic carbocycles. The summed E-state index contributed by atoms with van der Waals surface area (Å²) in [5.41, 5.74) is 3.75. The third-order valence-electron chi connectivity index (χ3n) is 4.09. The number of nitrogens with one attached hydrogen (secondary N) is 1. The van der Waals surface area contributed by atoms with E-state index >= 15 is 0 Å². The van der Waals surface area contributed by atoms with Crippen LogP contribution in [0, 0.1) is 0 Å². The Balaban J connectivity index is 1.49. The molecule has 0 spiro atoms. The summed E-state index contributed by atoms with van der Waals surface area (Å²) >= 11 is 1.27. The lowest BCUT2D eigenvalue weighted by Gasteiger charge is -2.04. The molecule has 120 valence electrons. The van der Waals surface area contributed by atoms with Crippen LogP contribution in [0.2, 0.25) is 0 Å². The van der Waals surface area contributed by atoms with E-state index in [1.165, 1.54) is 11.8 Å². The Morgan fingerprint density at radius 1 is 1.29 bits per heavy atom. The highest BCUT2D eigenvalue weighted by Crippen LogP contribution is 2.33. The molecule has 1 amide bonds. The lowest BCUT2D eigenvalue weighted by Crippen LogP contribution is -2.08. The quantitative estimate of drug-likeness (QED) is 0.578. The number of anilines is 1. The fraction of sp³-hybridized carbons (Fsp3) is 0.167. The Morgan fingerprint density at radius 2 is 2.12 bits per heavy atom. The first-order chi connectivity index (χ1) is 11.6. The molecule has 24 heavy (non-hydrogen) atoms. The van der Waals surface area contributed by atoms with E-state index in [1.807, 2.05) is 31.2 Å². The summed E-state index contributed by atoms with van der Waals surface area (Å²) in [6.45, 7) is 1.84. The third-order valence-corrected chi connectivity index (χ3v) is 4.92. The molecular formula is C18H14N2O3S. The van der Waals surface area contributed by atoms with Crippen molar-refractivity contribution in [3.05, 3.63) is 53.6 Å². The maximum Gasteiger partial charge on any atom is 0.257 e. The Morgan fingerprint density at radius 3 is 2.96 bits per heavy atom. The standard InChI is InChI=1S/C18H14N2O3S/c1-10-12-8-11(6-7-13(12)19-17(10)22)15(21)9-24-18-20-14-4-2-3-5-16(14)23-18/h2-8,10H,9H2,1H3,(H,19,22)/t10-/m0/s1. The van der Waals surface area contributed by atoms with Gasteiger partial charge in [-0.15, -0.1) is 0 Å². The van der Waals surface area contributed by atoms with Crippen LogP contribution in [0.3, 0.4) is 0 Å². The average Bonchev–Trinajstić information content (AvgIpc) is 3.13. The number of fused-ring (bicyclic) bond motifs is 2. The van der Waals surface area contributed by atoms with Gasteiger partial charge < -0.3 is 9.73 Å². The molecule has 0 aliphatic carbocycles. The topological polar surface area (TPSA) is 72.2 Å². The van der Waals surface area contributed by atoms with Gasteiger partial charge in [0.2, 0.25) is 5.91 Å². The summed E-state index contributed by atoms with van der Waals surface area (Å²) in [6.07, 6.45) is 0. The number of oxazole rings is 1. The van der Waals surface area contributed by atoms with Gasteiger partial charge in [-0.3, -0.25) is 9.59 Å². The number of nitrogens with zero attached hydrogens (tertiary/aromatic N) is 1. The summed E-state index contributed by atoms with van der Waals surface area (Å²) in [7, 11) is 0. The lowest BCUT2D eigenvalue weighted by molar-refractivity contribution is -0.116. The molecule has 4 rings (SSSR count). The van der Waals surface area contributed by atoms with Crippen LogP contribution in [0.4, 0.5) is 5.69 Å². The molecule has 0 saturated carbocycles. The Hall–Kier alpha value is -2.60. The number of Topliss-reactive ketones (excluding diaryl/α,β-unsaturated/α-hetero) is 1. The number of carbonyl (C=O) groups is 2.